The molecule has 0 unspecified atom stereocenters. The molecule has 315 valence electrons. The van der Waals surface area contributed by atoms with Crippen molar-refractivity contribution in [1.82, 2.24) is 15.0 Å². The number of rotatable bonds is 4. The average Bonchev–Trinajstić information content (AvgIpc) is 3.62. The van der Waals surface area contributed by atoms with Crippen LogP contribution in [0.4, 0.5) is 0 Å². The first-order chi connectivity index (χ1) is 29.4. The third-order valence-electron chi connectivity index (χ3n) is 11.1. The van der Waals surface area contributed by atoms with Crippen LogP contribution in [-0.4, -0.2) is 15.0 Å². The van der Waals surface area contributed by atoms with E-state index in [9.17, 15) is 0 Å². The largest absolute Gasteiger partial charge is 0.500 e. The van der Waals surface area contributed by atoms with Gasteiger partial charge in [-0.1, -0.05) is 180 Å². The fourth-order valence-electron chi connectivity index (χ4n) is 7.22. The molecule has 0 fully saturated rings. The maximum atomic E-state index is 8.34. The molecule has 0 aliphatic carbocycles. The molecule has 0 aliphatic heterocycles. The maximum absolute atomic E-state index is 8.34. The molecule has 3 aromatic heterocycles. The first-order valence-electron chi connectivity index (χ1n) is 22.3. The van der Waals surface area contributed by atoms with Crippen LogP contribution < -0.4 is 0 Å². The van der Waals surface area contributed by atoms with Crippen molar-refractivity contribution in [2.75, 3.05) is 0 Å². The molecule has 0 aliphatic rings. The molecule has 5 aromatic carbocycles. The summed E-state index contributed by atoms with van der Waals surface area (Å²) in [5, 5.41) is 1.32. The van der Waals surface area contributed by atoms with Crippen LogP contribution in [0.5, 0.6) is 0 Å². The van der Waals surface area contributed by atoms with Crippen LogP contribution in [0.2, 0.25) is 0 Å². The predicted octanol–water partition coefficient (Wildman–Crippen LogP) is 15.2. The van der Waals surface area contributed by atoms with Crippen molar-refractivity contribution in [3.63, 3.8) is 0 Å². The number of aromatic nitrogens is 3. The summed E-state index contributed by atoms with van der Waals surface area (Å²) in [7, 11) is 0. The molecule has 0 N–H and O–H groups in total. The Balaban J connectivity index is 0.000000336. The van der Waals surface area contributed by atoms with Crippen molar-refractivity contribution >= 4 is 21.9 Å². The van der Waals surface area contributed by atoms with Crippen LogP contribution in [0.15, 0.2) is 126 Å². The molecular weight excluding hydrogens is 923 g/mol. The van der Waals surface area contributed by atoms with E-state index in [-0.39, 0.29) is 47.3 Å². The summed E-state index contributed by atoms with van der Waals surface area (Å²) >= 11 is 0. The van der Waals surface area contributed by atoms with Gasteiger partial charge in [-0.15, -0.1) is 53.6 Å². The number of hydrogen-bond donors (Lipinski definition) is 0. The summed E-state index contributed by atoms with van der Waals surface area (Å²) in [6.07, 6.45) is 3.50. The molecule has 0 bridgehead atoms. The van der Waals surface area contributed by atoms with Gasteiger partial charge in [0.2, 0.25) is 0 Å². The first kappa shape index (κ1) is 41.1. The minimum absolute atomic E-state index is 0. The van der Waals surface area contributed by atoms with Crippen molar-refractivity contribution in [2.45, 2.75) is 112 Å². The van der Waals surface area contributed by atoms with E-state index in [1.54, 1.807) is 12.4 Å². The van der Waals surface area contributed by atoms with Gasteiger partial charge in [-0.2, -0.15) is 0 Å². The van der Waals surface area contributed by atoms with Crippen LogP contribution in [0.25, 0.3) is 66.7 Å². The van der Waals surface area contributed by atoms with Gasteiger partial charge in [0, 0.05) is 52.5 Å². The van der Waals surface area contributed by atoms with E-state index in [0.717, 1.165) is 39.0 Å². The zero-order valence-corrected chi connectivity index (χ0v) is 40.0. The van der Waals surface area contributed by atoms with Crippen molar-refractivity contribution in [2.24, 2.45) is 0 Å². The summed E-state index contributed by atoms with van der Waals surface area (Å²) in [6, 6.07) is 43.4. The number of pyridine rings is 1. The number of hydrogen-bond acceptors (Lipinski definition) is 4. The Kier molecular flexibility index (Phi) is 11.6. The van der Waals surface area contributed by atoms with Crippen LogP contribution in [-0.2, 0) is 41.8 Å². The van der Waals surface area contributed by atoms with Gasteiger partial charge in [-0.25, -0.2) is 4.98 Å². The Morgan fingerprint density at radius 2 is 1.23 bits per heavy atom. The molecule has 0 amide bonds. The molecule has 8 rings (SSSR count). The topological polar surface area (TPSA) is 51.8 Å². The van der Waals surface area contributed by atoms with Gasteiger partial charge in [0.25, 0.3) is 0 Å². The second-order valence-corrected chi connectivity index (χ2v) is 19.9. The van der Waals surface area contributed by atoms with E-state index < -0.39 is 6.85 Å². The molecule has 1 radical (unpaired) electrons. The summed E-state index contributed by atoms with van der Waals surface area (Å²) < 4.78 is 31.7. The minimum Gasteiger partial charge on any atom is -0.500 e. The third kappa shape index (κ3) is 9.96. The fourth-order valence-corrected chi connectivity index (χ4v) is 7.22. The number of fused-ring (bicyclic) bond motifs is 3. The SMILES string of the molecule is CC(C)(C)c1ccc(-c2[c-]cccc2)nc1.[2H]C([2H])([2H])c1c[c-]c(-c2cc(C(C)(C)C)ncn2)c2oc3c(-c4ccc(-c5cc(C(C)(C)C)cc(C(C)(C)C)c5)cc4)cccc3c12.[Ir]. The van der Waals surface area contributed by atoms with Crippen molar-refractivity contribution < 1.29 is 28.6 Å². The van der Waals surface area contributed by atoms with E-state index in [1.165, 1.54) is 22.3 Å². The number of benzene rings is 5. The molecule has 61 heavy (non-hydrogen) atoms. The Hall–Kier alpha value is -5.22. The third-order valence-corrected chi connectivity index (χ3v) is 11.1. The minimum atomic E-state index is -2.35. The van der Waals surface area contributed by atoms with E-state index in [1.807, 2.05) is 54.7 Å². The van der Waals surface area contributed by atoms with Gasteiger partial charge in [0.05, 0.1) is 5.58 Å². The van der Waals surface area contributed by atoms with Gasteiger partial charge >= 0.3 is 0 Å². The van der Waals surface area contributed by atoms with Crippen LogP contribution in [0.1, 0.15) is 115 Å². The van der Waals surface area contributed by atoms with Crippen LogP contribution in [0.3, 0.4) is 0 Å². The fraction of sp³-hybridized carbons (Fsp3) is 0.304. The smallest absolute Gasteiger partial charge is 0.128 e. The standard InChI is InChI=1S/C41H43N2O.C15H16N.Ir/c1-25-14-19-32(34-23-35(41(8,9)10)43-24-42-34)38-36(25)33-13-11-12-31(37(33)44-38)27-17-15-26(16-18-27)28-20-29(39(2,3)4)22-30(21-28)40(5,6)7;1-15(2,3)13-9-10-14(16-11-13)12-7-5-4-6-8-12;/h11-18,20-24H,1-10H3;4-7,9-11H,1-3H3;/q2*-1;/i1D3;;. The molecule has 3 heterocycles. The van der Waals surface area contributed by atoms with Crippen molar-refractivity contribution in [1.29, 1.82) is 0 Å². The summed E-state index contributed by atoms with van der Waals surface area (Å²) in [5.41, 5.74) is 13.6. The van der Waals surface area contributed by atoms with E-state index >= 15 is 0 Å². The van der Waals surface area contributed by atoms with Gasteiger partial charge in [0.15, 0.2) is 0 Å². The zero-order chi connectivity index (χ0) is 45.7. The quantitative estimate of drug-likeness (QED) is 0.165. The van der Waals surface area contributed by atoms with E-state index in [2.05, 4.69) is 165 Å². The van der Waals surface area contributed by atoms with Crippen molar-refractivity contribution in [3.8, 4) is 44.8 Å². The number of nitrogens with zero attached hydrogens (tertiary/aromatic N) is 3. The van der Waals surface area contributed by atoms with Crippen molar-refractivity contribution in [3.05, 3.63) is 162 Å². The van der Waals surface area contributed by atoms with E-state index in [4.69, 9.17) is 8.53 Å². The normalized spacial score (nSPS) is 13.1. The Morgan fingerprint density at radius 3 is 1.80 bits per heavy atom. The zero-order valence-electron chi connectivity index (χ0n) is 40.6. The molecule has 0 spiro atoms. The Morgan fingerprint density at radius 1 is 0.557 bits per heavy atom. The summed E-state index contributed by atoms with van der Waals surface area (Å²) in [4.78, 5) is 13.5. The Bertz CT molecular complexity index is 2860. The summed E-state index contributed by atoms with van der Waals surface area (Å²) in [6.45, 7) is 24.0. The number of furan rings is 1. The van der Waals surface area contributed by atoms with Crippen LogP contribution >= 0.6 is 0 Å². The molecule has 5 heteroatoms. The predicted molar refractivity (Wildman–Crippen MR) is 252 cm³/mol. The maximum Gasteiger partial charge on any atom is 0.128 e. The molecule has 0 atom stereocenters. The van der Waals surface area contributed by atoms with Gasteiger partial charge in [-0.05, 0) is 61.0 Å². The van der Waals surface area contributed by atoms with Gasteiger partial charge in [0.1, 0.15) is 11.9 Å². The van der Waals surface area contributed by atoms with Gasteiger partial charge in [-0.3, -0.25) is 4.98 Å². The average molecular weight is 985 g/mol. The molecule has 4 nitrogen and oxygen atoms in total. The molecule has 0 saturated carbocycles. The van der Waals surface area contributed by atoms with E-state index in [0.29, 0.717) is 27.8 Å². The monoisotopic (exact) mass is 985 g/mol. The molecular formula is C56H59IrN3O-2. The second kappa shape index (κ2) is 17.3. The van der Waals surface area contributed by atoms with Gasteiger partial charge < -0.3 is 9.40 Å². The number of aryl methyl sites for hydroxylation is 1. The molecule has 8 aromatic rings. The number of para-hydroxylation sites is 1. The summed E-state index contributed by atoms with van der Waals surface area (Å²) in [5.74, 6) is 0. The first-order valence-corrected chi connectivity index (χ1v) is 20.8. The Labute approximate surface area is 381 Å². The second-order valence-electron chi connectivity index (χ2n) is 19.9. The van der Waals surface area contributed by atoms with Crippen LogP contribution in [0, 0.1) is 19.0 Å². The molecule has 0 saturated heterocycles.